The van der Waals surface area contributed by atoms with Crippen LogP contribution in [0.2, 0.25) is 0 Å². The van der Waals surface area contributed by atoms with E-state index in [1.807, 2.05) is 57.2 Å². The minimum absolute atomic E-state index is 0.0868. The first-order chi connectivity index (χ1) is 19.3. The molecule has 40 heavy (non-hydrogen) atoms. The summed E-state index contributed by atoms with van der Waals surface area (Å²) in [4.78, 5) is 27.8. The number of hydrogen-bond acceptors (Lipinski definition) is 5. The van der Waals surface area contributed by atoms with Crippen LogP contribution in [0.5, 0.6) is 5.75 Å². The second-order valence-electron chi connectivity index (χ2n) is 9.92. The van der Waals surface area contributed by atoms with Gasteiger partial charge in [-0.1, -0.05) is 33.6 Å². The molecule has 1 aliphatic carbocycles. The number of thiophene rings is 1. The van der Waals surface area contributed by atoms with Crippen molar-refractivity contribution in [3.63, 3.8) is 0 Å². The topological polar surface area (TPSA) is 84.7 Å². The van der Waals surface area contributed by atoms with Crippen LogP contribution in [0.1, 0.15) is 66.5 Å². The van der Waals surface area contributed by atoms with Gasteiger partial charge in [-0.15, -0.1) is 11.3 Å². The molecule has 2 heterocycles. The second-order valence-corrected chi connectivity index (χ2v) is 11.9. The number of benzene rings is 2. The van der Waals surface area contributed by atoms with Crippen LogP contribution in [0.3, 0.4) is 0 Å². The Kier molecular flexibility index (Phi) is 8.23. The summed E-state index contributed by atoms with van der Waals surface area (Å²) >= 11 is 5.09. The monoisotopic (exact) mass is 618 g/mol. The van der Waals surface area contributed by atoms with Gasteiger partial charge in [0.05, 0.1) is 24.5 Å². The third-order valence-corrected chi connectivity index (χ3v) is 8.91. The van der Waals surface area contributed by atoms with Gasteiger partial charge in [0.2, 0.25) is 0 Å². The lowest BCUT2D eigenvalue weighted by atomic mass is 9.95. The molecular formula is C31H31BrN4O3S. The van der Waals surface area contributed by atoms with Gasteiger partial charge < -0.3 is 14.6 Å². The number of fused-ring (bicyclic) bond motifs is 1. The molecule has 206 valence electrons. The fourth-order valence-corrected chi connectivity index (χ4v) is 6.94. The molecule has 0 unspecified atom stereocenters. The van der Waals surface area contributed by atoms with Crippen LogP contribution in [0.25, 0.3) is 5.00 Å². The minimum atomic E-state index is -0.371. The van der Waals surface area contributed by atoms with Crippen molar-refractivity contribution in [1.29, 1.82) is 0 Å². The highest BCUT2D eigenvalue weighted by Crippen LogP contribution is 2.39. The Bertz CT molecular complexity index is 1620. The first-order valence-corrected chi connectivity index (χ1v) is 14.8. The lowest BCUT2D eigenvalue weighted by Gasteiger charge is -2.14. The molecule has 2 N–H and O–H groups in total. The van der Waals surface area contributed by atoms with Crippen LogP contribution < -0.4 is 15.5 Å². The van der Waals surface area contributed by atoms with Gasteiger partial charge in [-0.05, 0) is 88.4 Å². The zero-order valence-electron chi connectivity index (χ0n) is 22.9. The summed E-state index contributed by atoms with van der Waals surface area (Å²) in [5.74, 6) is 0.00703. The van der Waals surface area contributed by atoms with E-state index in [9.17, 15) is 9.59 Å². The highest BCUT2D eigenvalue weighted by molar-refractivity contribution is 9.10. The quantitative estimate of drug-likeness (QED) is 0.171. The van der Waals surface area contributed by atoms with Gasteiger partial charge in [0.15, 0.2) is 0 Å². The summed E-state index contributed by atoms with van der Waals surface area (Å²) in [5, 5.41) is 8.28. The van der Waals surface area contributed by atoms with E-state index >= 15 is 0 Å². The molecule has 9 heteroatoms. The molecule has 1 aliphatic rings. The van der Waals surface area contributed by atoms with Crippen molar-refractivity contribution in [2.75, 3.05) is 12.4 Å². The molecule has 5 rings (SSSR count). The number of rotatable bonds is 7. The molecule has 0 atom stereocenters. The van der Waals surface area contributed by atoms with Gasteiger partial charge in [0.1, 0.15) is 10.8 Å². The largest absolute Gasteiger partial charge is 0.496 e. The van der Waals surface area contributed by atoms with E-state index in [0.717, 1.165) is 74.5 Å². The molecule has 2 aromatic carbocycles. The number of ether oxygens (including phenoxy) is 1. The van der Waals surface area contributed by atoms with E-state index in [0.29, 0.717) is 11.3 Å². The molecule has 4 aromatic rings. The average molecular weight is 620 g/mol. The maximum atomic E-state index is 13.7. The van der Waals surface area contributed by atoms with Crippen LogP contribution in [-0.2, 0) is 12.8 Å². The molecule has 0 spiro atoms. The van der Waals surface area contributed by atoms with E-state index in [1.165, 1.54) is 12.0 Å². The van der Waals surface area contributed by atoms with Crippen molar-refractivity contribution in [1.82, 2.24) is 9.99 Å². The number of hydrazone groups is 1. The number of nitrogens with zero attached hydrogens (tertiary/aromatic N) is 2. The molecule has 0 fully saturated rings. The summed E-state index contributed by atoms with van der Waals surface area (Å²) in [5.41, 5.74) is 9.61. The summed E-state index contributed by atoms with van der Waals surface area (Å²) in [7, 11) is 1.52. The van der Waals surface area contributed by atoms with Gasteiger partial charge in [-0.2, -0.15) is 5.10 Å². The number of aromatic nitrogens is 1. The van der Waals surface area contributed by atoms with Crippen LogP contribution in [0, 0.1) is 20.8 Å². The molecule has 0 aliphatic heterocycles. The van der Waals surface area contributed by atoms with Crippen molar-refractivity contribution >= 4 is 51.0 Å². The Morgan fingerprint density at radius 2 is 1.77 bits per heavy atom. The maximum absolute atomic E-state index is 13.7. The Morgan fingerprint density at radius 1 is 1.02 bits per heavy atom. The third-order valence-electron chi connectivity index (χ3n) is 7.14. The van der Waals surface area contributed by atoms with E-state index in [4.69, 9.17) is 4.74 Å². The summed E-state index contributed by atoms with van der Waals surface area (Å²) < 4.78 is 8.22. The molecule has 0 saturated carbocycles. The lowest BCUT2D eigenvalue weighted by molar-refractivity contribution is 0.0951. The first-order valence-electron chi connectivity index (χ1n) is 13.2. The zero-order chi connectivity index (χ0) is 28.4. The van der Waals surface area contributed by atoms with Gasteiger partial charge in [0.25, 0.3) is 11.8 Å². The van der Waals surface area contributed by atoms with Crippen molar-refractivity contribution in [2.45, 2.75) is 46.5 Å². The number of methoxy groups -OCH3 is 1. The number of nitrogens with one attached hydrogen (secondary N) is 2. The van der Waals surface area contributed by atoms with Crippen LogP contribution in [0.4, 0.5) is 5.69 Å². The van der Waals surface area contributed by atoms with Crippen molar-refractivity contribution < 1.29 is 14.3 Å². The van der Waals surface area contributed by atoms with Gasteiger partial charge in [0, 0.05) is 32.0 Å². The van der Waals surface area contributed by atoms with Crippen molar-refractivity contribution in [3.8, 4) is 10.8 Å². The molecule has 0 bridgehead atoms. The van der Waals surface area contributed by atoms with Gasteiger partial charge in [-0.3, -0.25) is 9.59 Å². The Hall–Kier alpha value is -3.69. The molecule has 0 saturated heterocycles. The number of hydrogen-bond donors (Lipinski definition) is 2. The summed E-state index contributed by atoms with van der Waals surface area (Å²) in [6.45, 7) is 6.06. The van der Waals surface area contributed by atoms with Gasteiger partial charge in [-0.25, -0.2) is 5.43 Å². The van der Waals surface area contributed by atoms with Crippen molar-refractivity contribution in [2.24, 2.45) is 5.10 Å². The smallest absolute Gasteiger partial charge is 0.275 e. The van der Waals surface area contributed by atoms with Gasteiger partial charge >= 0.3 is 0 Å². The molecule has 0 radical (unpaired) electrons. The normalized spacial score (nSPS) is 12.8. The van der Waals surface area contributed by atoms with E-state index in [2.05, 4.69) is 36.3 Å². The number of amides is 2. The number of aryl methyl sites for hydroxylation is 3. The van der Waals surface area contributed by atoms with E-state index in [-0.39, 0.29) is 11.8 Å². The predicted molar refractivity (Wildman–Crippen MR) is 165 cm³/mol. The molecular weight excluding hydrogens is 588 g/mol. The maximum Gasteiger partial charge on any atom is 0.275 e. The third kappa shape index (κ3) is 5.62. The summed E-state index contributed by atoms with van der Waals surface area (Å²) in [6, 6.07) is 15.1. The average Bonchev–Trinajstić information content (AvgIpc) is 3.45. The van der Waals surface area contributed by atoms with Crippen LogP contribution >= 0.6 is 27.3 Å². The standard InChI is InChI=1S/C31H31BrN4O3S/c1-18-9-12-23(13-10-18)34-30(38)28-24-7-5-6-8-27(24)40-31(28)36-19(2)15-21(20(36)3)17-33-35-29(37)25-16-22(32)11-14-26(25)39-4/h9-17H,5-8H2,1-4H3,(H,34,38)(H,35,37)/b33-17-. The highest BCUT2D eigenvalue weighted by Gasteiger charge is 2.28. The molecule has 2 aromatic heterocycles. The fourth-order valence-electron chi connectivity index (χ4n) is 5.08. The van der Waals surface area contributed by atoms with E-state index in [1.54, 1.807) is 29.7 Å². The fraction of sp³-hybridized carbons (Fsp3) is 0.258. The molecule has 2 amide bonds. The Morgan fingerprint density at radius 3 is 2.52 bits per heavy atom. The lowest BCUT2D eigenvalue weighted by Crippen LogP contribution is -2.18. The number of halogens is 1. The minimum Gasteiger partial charge on any atom is -0.496 e. The Labute approximate surface area is 246 Å². The number of carbonyl (C=O) groups excluding carboxylic acids is 2. The SMILES string of the molecule is COc1ccc(Br)cc1C(=O)N/N=C\c1cc(C)n(-c2sc3c(c2C(=O)Nc2ccc(C)cc2)CCCC3)c1C. The highest BCUT2D eigenvalue weighted by atomic mass is 79.9. The predicted octanol–water partition coefficient (Wildman–Crippen LogP) is 7.13. The molecule has 7 nitrogen and oxygen atoms in total. The summed E-state index contributed by atoms with van der Waals surface area (Å²) in [6.07, 6.45) is 5.75. The zero-order valence-corrected chi connectivity index (χ0v) is 25.3. The van der Waals surface area contributed by atoms with Crippen LogP contribution in [0.15, 0.2) is 58.1 Å². The number of carbonyl (C=O) groups is 2. The number of anilines is 1. The first kappa shape index (κ1) is 27.9. The second kappa shape index (κ2) is 11.8. The Balaban J connectivity index is 1.45. The van der Waals surface area contributed by atoms with Crippen LogP contribution in [-0.4, -0.2) is 29.7 Å². The van der Waals surface area contributed by atoms with E-state index < -0.39 is 0 Å². The van der Waals surface area contributed by atoms with Crippen molar-refractivity contribution in [3.05, 3.63) is 97.1 Å².